The molecule has 0 aliphatic heterocycles. The van der Waals surface area contributed by atoms with E-state index in [1.54, 1.807) is 0 Å². The van der Waals surface area contributed by atoms with Crippen molar-refractivity contribution in [3.63, 3.8) is 0 Å². The molecule has 0 saturated carbocycles. The second-order valence-electron chi connectivity index (χ2n) is 5.18. The van der Waals surface area contributed by atoms with E-state index in [4.69, 9.17) is 5.11 Å². The van der Waals surface area contributed by atoms with Crippen molar-refractivity contribution in [2.75, 3.05) is 7.11 Å². The Kier molecular flexibility index (Phi) is 7.31. The first-order valence-corrected chi connectivity index (χ1v) is 7.23. The largest absolute Gasteiger partial charge is 0.478 e. The molecule has 0 aliphatic rings. The topological polar surface area (TPSA) is 63.6 Å². The van der Waals surface area contributed by atoms with E-state index in [0.29, 0.717) is 18.2 Å². The standard InChI is InChI=1S/C9H6F4O2.C8H4F4O2/c1-15-8(14)5-2-3-7(10)6(4-5)9(11,12)13;9-6-2-1-4(7(13)14)3-5(6)8(10,11)12/h2-4H,1H3;1-3H,(H,13,14). The van der Waals surface area contributed by atoms with Gasteiger partial charge in [-0.2, -0.15) is 26.3 Å². The van der Waals surface area contributed by atoms with Gasteiger partial charge >= 0.3 is 24.3 Å². The summed E-state index contributed by atoms with van der Waals surface area (Å²) in [4.78, 5) is 21.2. The summed E-state index contributed by atoms with van der Waals surface area (Å²) in [6.07, 6.45) is -9.70. The van der Waals surface area contributed by atoms with Crippen molar-refractivity contribution in [3.8, 4) is 0 Å². The lowest BCUT2D eigenvalue weighted by atomic mass is 10.1. The van der Waals surface area contributed by atoms with Crippen molar-refractivity contribution in [3.05, 3.63) is 70.3 Å². The first-order chi connectivity index (χ1) is 13.2. The Bertz CT molecular complexity index is 903. The molecule has 0 atom stereocenters. The van der Waals surface area contributed by atoms with E-state index in [1.165, 1.54) is 0 Å². The number of alkyl halides is 6. The number of aromatic carboxylic acids is 1. The van der Waals surface area contributed by atoms with Gasteiger partial charge in [-0.05, 0) is 36.4 Å². The predicted molar refractivity (Wildman–Crippen MR) is 81.1 cm³/mol. The highest BCUT2D eigenvalue weighted by Gasteiger charge is 2.35. The van der Waals surface area contributed by atoms with Crippen molar-refractivity contribution in [1.82, 2.24) is 0 Å². The Morgan fingerprint density at radius 2 is 1.17 bits per heavy atom. The molecule has 0 heterocycles. The molecule has 0 saturated heterocycles. The van der Waals surface area contributed by atoms with Gasteiger partial charge in [0, 0.05) is 0 Å². The highest BCUT2D eigenvalue weighted by molar-refractivity contribution is 5.89. The molecule has 2 rings (SSSR count). The molecular formula is C17H10F8O4. The Morgan fingerprint density at radius 1 is 0.793 bits per heavy atom. The van der Waals surface area contributed by atoms with E-state index >= 15 is 0 Å². The molecule has 1 N–H and O–H groups in total. The molecule has 2 aromatic rings. The fourth-order valence-electron chi connectivity index (χ4n) is 1.86. The van der Waals surface area contributed by atoms with Crippen molar-refractivity contribution < 1.29 is 54.6 Å². The lowest BCUT2D eigenvalue weighted by molar-refractivity contribution is -0.140. The fourth-order valence-corrected chi connectivity index (χ4v) is 1.86. The summed E-state index contributed by atoms with van der Waals surface area (Å²) in [7, 11) is 1.03. The third kappa shape index (κ3) is 6.43. The molecule has 0 amide bonds. The summed E-state index contributed by atoms with van der Waals surface area (Å²) in [5, 5.41) is 8.38. The molecule has 0 aromatic heterocycles. The molecule has 0 unspecified atom stereocenters. The molecule has 0 bridgehead atoms. The Balaban J connectivity index is 0.000000291. The number of benzene rings is 2. The predicted octanol–water partition coefficient (Wildman–Crippen LogP) is 5.17. The molecular weight excluding hydrogens is 420 g/mol. The number of carboxylic acid groups (broad SMARTS) is 1. The van der Waals surface area contributed by atoms with E-state index in [-0.39, 0.29) is 11.6 Å². The molecule has 4 nitrogen and oxygen atoms in total. The second-order valence-corrected chi connectivity index (χ2v) is 5.18. The van der Waals surface area contributed by atoms with Crippen LogP contribution in [-0.2, 0) is 17.1 Å². The highest BCUT2D eigenvalue weighted by atomic mass is 19.4. The van der Waals surface area contributed by atoms with Gasteiger partial charge in [0.1, 0.15) is 11.6 Å². The van der Waals surface area contributed by atoms with Crippen LogP contribution in [-0.4, -0.2) is 24.2 Å². The van der Waals surface area contributed by atoms with Gasteiger partial charge in [0.25, 0.3) is 0 Å². The number of carboxylic acids is 1. The number of ether oxygens (including phenoxy) is 1. The number of rotatable bonds is 2. The molecule has 0 fully saturated rings. The van der Waals surface area contributed by atoms with Crippen LogP contribution in [0.1, 0.15) is 31.8 Å². The van der Waals surface area contributed by atoms with Crippen LogP contribution in [0.2, 0.25) is 0 Å². The smallest absolute Gasteiger partial charge is 0.419 e. The Morgan fingerprint density at radius 3 is 1.52 bits per heavy atom. The third-order valence-corrected chi connectivity index (χ3v) is 3.21. The van der Waals surface area contributed by atoms with Crippen molar-refractivity contribution in [2.24, 2.45) is 0 Å². The van der Waals surface area contributed by atoms with Crippen molar-refractivity contribution in [1.29, 1.82) is 0 Å². The Labute approximate surface area is 157 Å². The van der Waals surface area contributed by atoms with Gasteiger partial charge in [0.05, 0.1) is 29.4 Å². The van der Waals surface area contributed by atoms with Crippen LogP contribution in [0.3, 0.4) is 0 Å². The molecule has 158 valence electrons. The summed E-state index contributed by atoms with van der Waals surface area (Å²) in [6.45, 7) is 0. The van der Waals surface area contributed by atoms with Gasteiger partial charge in [-0.3, -0.25) is 0 Å². The molecule has 0 aliphatic carbocycles. The summed E-state index contributed by atoms with van der Waals surface area (Å²) < 4.78 is 102. The third-order valence-electron chi connectivity index (χ3n) is 3.21. The molecule has 0 spiro atoms. The van der Waals surface area contributed by atoms with Gasteiger partial charge in [0.15, 0.2) is 0 Å². The van der Waals surface area contributed by atoms with Crippen LogP contribution >= 0.6 is 0 Å². The van der Waals surface area contributed by atoms with Gasteiger partial charge in [0.2, 0.25) is 0 Å². The lowest BCUT2D eigenvalue weighted by Crippen LogP contribution is -2.11. The number of carbonyl (C=O) groups excluding carboxylic acids is 1. The first kappa shape index (κ1) is 23.9. The van der Waals surface area contributed by atoms with Crippen LogP contribution in [0.4, 0.5) is 35.1 Å². The van der Waals surface area contributed by atoms with Crippen molar-refractivity contribution in [2.45, 2.75) is 12.4 Å². The molecule has 29 heavy (non-hydrogen) atoms. The average Bonchev–Trinajstić information content (AvgIpc) is 2.60. The molecule has 0 radical (unpaired) electrons. The minimum atomic E-state index is -4.88. The maximum atomic E-state index is 12.8. The number of esters is 1. The zero-order chi connectivity index (χ0) is 22.6. The average molecular weight is 430 g/mol. The number of hydrogen-bond donors (Lipinski definition) is 1. The number of carbonyl (C=O) groups is 2. The number of halogens is 8. The first-order valence-electron chi connectivity index (χ1n) is 7.23. The summed E-state index contributed by atoms with van der Waals surface area (Å²) in [5.41, 5.74) is -3.99. The van der Waals surface area contributed by atoms with E-state index in [2.05, 4.69) is 4.74 Å². The zero-order valence-corrected chi connectivity index (χ0v) is 14.2. The lowest BCUT2D eigenvalue weighted by Gasteiger charge is -2.08. The van der Waals surface area contributed by atoms with E-state index in [9.17, 15) is 44.7 Å². The summed E-state index contributed by atoms with van der Waals surface area (Å²) >= 11 is 0. The molecule has 12 heteroatoms. The maximum absolute atomic E-state index is 12.8. The maximum Gasteiger partial charge on any atom is 0.419 e. The SMILES string of the molecule is COC(=O)c1ccc(F)c(C(F)(F)F)c1.O=C(O)c1ccc(F)c(C(F)(F)F)c1. The monoisotopic (exact) mass is 430 g/mol. The number of hydrogen-bond acceptors (Lipinski definition) is 3. The molecule has 2 aromatic carbocycles. The van der Waals surface area contributed by atoms with Gasteiger partial charge in [-0.1, -0.05) is 0 Å². The van der Waals surface area contributed by atoms with Crippen LogP contribution in [0.25, 0.3) is 0 Å². The summed E-state index contributed by atoms with van der Waals surface area (Å²) in [5.74, 6) is -5.38. The quantitative estimate of drug-likeness (QED) is 0.527. The minimum absolute atomic E-state index is 0.262. The van der Waals surface area contributed by atoms with E-state index < -0.39 is 52.6 Å². The van der Waals surface area contributed by atoms with E-state index in [1.807, 2.05) is 0 Å². The van der Waals surface area contributed by atoms with E-state index in [0.717, 1.165) is 19.2 Å². The second kappa shape index (κ2) is 8.88. The fraction of sp³-hybridized carbons (Fsp3) is 0.176. The van der Waals surface area contributed by atoms with Gasteiger partial charge in [-0.25, -0.2) is 18.4 Å². The minimum Gasteiger partial charge on any atom is -0.478 e. The zero-order valence-electron chi connectivity index (χ0n) is 14.2. The number of methoxy groups -OCH3 is 1. The Hall–Kier alpha value is -3.18. The van der Waals surface area contributed by atoms with Gasteiger partial charge < -0.3 is 9.84 Å². The summed E-state index contributed by atoms with van der Waals surface area (Å²) in [6, 6.07) is 3.43. The highest BCUT2D eigenvalue weighted by Crippen LogP contribution is 2.32. The van der Waals surface area contributed by atoms with Crippen LogP contribution < -0.4 is 0 Å². The van der Waals surface area contributed by atoms with Gasteiger partial charge in [-0.15, -0.1) is 0 Å². The van der Waals surface area contributed by atoms with Crippen LogP contribution in [0.15, 0.2) is 36.4 Å². The van der Waals surface area contributed by atoms with Crippen molar-refractivity contribution >= 4 is 11.9 Å². The van der Waals surface area contributed by atoms with Crippen LogP contribution in [0.5, 0.6) is 0 Å². The normalized spacial score (nSPS) is 11.3. The van der Waals surface area contributed by atoms with Crippen LogP contribution in [0, 0.1) is 11.6 Å².